The Morgan fingerprint density at radius 1 is 0.464 bits per heavy atom. The van der Waals surface area contributed by atoms with Gasteiger partial charge in [0.1, 0.15) is 11.9 Å². The van der Waals surface area contributed by atoms with E-state index >= 15 is 0 Å². The molecule has 0 unspecified atom stereocenters. The van der Waals surface area contributed by atoms with Crippen LogP contribution >= 0.6 is 0 Å². The molecule has 0 aliphatic rings. The molecule has 0 amide bonds. The maximum absolute atomic E-state index is 6.71. The van der Waals surface area contributed by atoms with Crippen LogP contribution in [0.1, 0.15) is 17.2 Å². The summed E-state index contributed by atoms with van der Waals surface area (Å²) in [5.74, 6) is 0.909. The van der Waals surface area contributed by atoms with Crippen LogP contribution < -0.4 is 4.74 Å². The lowest BCUT2D eigenvalue weighted by Gasteiger charge is -2.22. The van der Waals surface area contributed by atoms with E-state index in [1.54, 1.807) is 0 Å². The predicted octanol–water partition coefficient (Wildman–Crippen LogP) is 7.16. The summed E-state index contributed by atoms with van der Waals surface area (Å²) in [6.45, 7) is 0. The van der Waals surface area contributed by atoms with Gasteiger partial charge in [-0.15, -0.1) is 0 Å². The van der Waals surface area contributed by atoms with Crippen LogP contribution in [-0.2, 0) is 0 Å². The molecule has 0 aromatic heterocycles. The third-order valence-electron chi connectivity index (χ3n) is 5.18. The smallest absolute Gasteiger partial charge is 0.149 e. The highest BCUT2D eigenvalue weighted by molar-refractivity contribution is 6.10. The summed E-state index contributed by atoms with van der Waals surface area (Å²) in [4.78, 5) is 0. The molecule has 0 N–H and O–H groups in total. The third kappa shape index (κ3) is 3.01. The van der Waals surface area contributed by atoms with E-state index in [9.17, 15) is 0 Å². The van der Waals surface area contributed by atoms with Gasteiger partial charge in [0.2, 0.25) is 0 Å². The second kappa shape index (κ2) is 7.21. The fourth-order valence-electron chi connectivity index (χ4n) is 3.83. The molecule has 0 atom stereocenters. The fourth-order valence-corrected chi connectivity index (χ4v) is 3.83. The maximum atomic E-state index is 6.71. The van der Waals surface area contributed by atoms with Crippen molar-refractivity contribution in [3.8, 4) is 5.75 Å². The number of ether oxygens (including phenoxy) is 1. The molecule has 0 aliphatic heterocycles. The number of fused-ring (bicyclic) bond motifs is 3. The van der Waals surface area contributed by atoms with Crippen LogP contribution in [0.25, 0.3) is 21.5 Å². The zero-order valence-corrected chi connectivity index (χ0v) is 15.5. The zero-order valence-electron chi connectivity index (χ0n) is 15.5. The minimum absolute atomic E-state index is 0.160. The summed E-state index contributed by atoms with van der Waals surface area (Å²) < 4.78 is 6.71. The van der Waals surface area contributed by atoms with Crippen LogP contribution in [0.2, 0.25) is 0 Å². The van der Waals surface area contributed by atoms with Crippen molar-refractivity contribution in [3.05, 3.63) is 126 Å². The summed E-state index contributed by atoms with van der Waals surface area (Å²) in [6.07, 6.45) is -0.160. The van der Waals surface area contributed by atoms with Crippen molar-refractivity contribution in [2.24, 2.45) is 0 Å². The van der Waals surface area contributed by atoms with Gasteiger partial charge in [-0.25, -0.2) is 0 Å². The van der Waals surface area contributed by atoms with Crippen LogP contribution in [0.3, 0.4) is 0 Å². The lowest BCUT2D eigenvalue weighted by atomic mass is 9.99. The van der Waals surface area contributed by atoms with Gasteiger partial charge in [0, 0.05) is 5.39 Å². The Bertz CT molecular complexity index is 1190. The Morgan fingerprint density at radius 2 is 0.964 bits per heavy atom. The number of hydrogen-bond acceptors (Lipinski definition) is 1. The third-order valence-corrected chi connectivity index (χ3v) is 5.18. The predicted molar refractivity (Wildman–Crippen MR) is 117 cm³/mol. The van der Waals surface area contributed by atoms with Gasteiger partial charge in [0.05, 0.1) is 0 Å². The molecule has 1 nitrogen and oxygen atoms in total. The van der Waals surface area contributed by atoms with Gasteiger partial charge in [-0.05, 0) is 33.4 Å². The molecule has 1 heteroatoms. The van der Waals surface area contributed by atoms with Crippen molar-refractivity contribution >= 4 is 21.5 Å². The molecule has 5 rings (SSSR count). The molecule has 0 radical (unpaired) electrons. The molecular weight excluding hydrogens is 340 g/mol. The van der Waals surface area contributed by atoms with E-state index < -0.39 is 0 Å². The highest BCUT2D eigenvalue weighted by Crippen LogP contribution is 2.37. The highest BCUT2D eigenvalue weighted by atomic mass is 16.5. The normalized spacial score (nSPS) is 11.2. The molecule has 0 saturated heterocycles. The van der Waals surface area contributed by atoms with Crippen molar-refractivity contribution in [2.45, 2.75) is 6.10 Å². The quantitative estimate of drug-likeness (QED) is 0.309. The van der Waals surface area contributed by atoms with Crippen LogP contribution in [0.4, 0.5) is 0 Å². The number of benzene rings is 5. The molecule has 0 saturated carbocycles. The van der Waals surface area contributed by atoms with Crippen LogP contribution in [0, 0.1) is 0 Å². The van der Waals surface area contributed by atoms with Crippen LogP contribution in [0.15, 0.2) is 115 Å². The lowest BCUT2D eigenvalue weighted by Crippen LogP contribution is -2.09. The molecular formula is C27H20O. The Balaban J connectivity index is 1.70. The van der Waals surface area contributed by atoms with Crippen molar-refractivity contribution in [1.29, 1.82) is 0 Å². The monoisotopic (exact) mass is 360 g/mol. The van der Waals surface area contributed by atoms with Crippen molar-refractivity contribution in [1.82, 2.24) is 0 Å². The molecule has 0 bridgehead atoms. The SMILES string of the molecule is c1ccc(C(Oc2cc3ccccc3c3ccccc23)c2ccccc2)cc1. The van der Waals surface area contributed by atoms with E-state index in [2.05, 4.69) is 103 Å². The first-order valence-electron chi connectivity index (χ1n) is 9.57. The molecule has 28 heavy (non-hydrogen) atoms. The summed E-state index contributed by atoms with van der Waals surface area (Å²) in [5.41, 5.74) is 2.29. The summed E-state index contributed by atoms with van der Waals surface area (Å²) >= 11 is 0. The Labute approximate surface area is 164 Å². The van der Waals surface area contributed by atoms with E-state index in [0.29, 0.717) is 0 Å². The summed E-state index contributed by atoms with van der Waals surface area (Å²) in [7, 11) is 0. The Kier molecular flexibility index (Phi) is 4.27. The second-order valence-corrected chi connectivity index (χ2v) is 6.96. The Hall–Kier alpha value is -3.58. The summed E-state index contributed by atoms with van der Waals surface area (Å²) in [5, 5.41) is 4.80. The standard InChI is InChI=1S/C27H20O/c1-3-11-20(12-4-1)27(21-13-5-2-6-14-21)28-26-19-22-15-7-8-16-23(22)24-17-9-10-18-25(24)26/h1-19,27H. The first-order valence-corrected chi connectivity index (χ1v) is 9.57. The first kappa shape index (κ1) is 16.6. The average Bonchev–Trinajstić information content (AvgIpc) is 2.78. The second-order valence-electron chi connectivity index (χ2n) is 6.96. The van der Waals surface area contributed by atoms with E-state index in [4.69, 9.17) is 4.74 Å². The topological polar surface area (TPSA) is 9.23 Å². The Morgan fingerprint density at radius 3 is 1.61 bits per heavy atom. The van der Waals surface area contributed by atoms with Gasteiger partial charge >= 0.3 is 0 Å². The number of rotatable bonds is 4. The van der Waals surface area contributed by atoms with Crippen molar-refractivity contribution in [2.75, 3.05) is 0 Å². The average molecular weight is 360 g/mol. The van der Waals surface area contributed by atoms with E-state index in [1.807, 2.05) is 12.1 Å². The van der Waals surface area contributed by atoms with Gasteiger partial charge in [0.25, 0.3) is 0 Å². The molecule has 0 aliphatic carbocycles. The maximum Gasteiger partial charge on any atom is 0.149 e. The van der Waals surface area contributed by atoms with Crippen LogP contribution in [0.5, 0.6) is 5.75 Å². The molecule has 0 fully saturated rings. The molecule has 5 aromatic carbocycles. The lowest BCUT2D eigenvalue weighted by molar-refractivity contribution is 0.251. The minimum atomic E-state index is -0.160. The molecule has 0 heterocycles. The van der Waals surface area contributed by atoms with E-state index in [0.717, 1.165) is 22.3 Å². The van der Waals surface area contributed by atoms with Gasteiger partial charge in [-0.3, -0.25) is 0 Å². The largest absolute Gasteiger partial charge is 0.480 e. The number of hydrogen-bond donors (Lipinski definition) is 0. The van der Waals surface area contributed by atoms with Gasteiger partial charge < -0.3 is 4.74 Å². The van der Waals surface area contributed by atoms with E-state index in [1.165, 1.54) is 16.2 Å². The van der Waals surface area contributed by atoms with Crippen molar-refractivity contribution in [3.63, 3.8) is 0 Å². The van der Waals surface area contributed by atoms with Gasteiger partial charge in [-0.2, -0.15) is 0 Å². The van der Waals surface area contributed by atoms with Gasteiger partial charge in [0.15, 0.2) is 0 Å². The van der Waals surface area contributed by atoms with Crippen LogP contribution in [-0.4, -0.2) is 0 Å². The van der Waals surface area contributed by atoms with Crippen molar-refractivity contribution < 1.29 is 4.74 Å². The molecule has 5 aromatic rings. The van der Waals surface area contributed by atoms with Gasteiger partial charge in [-0.1, -0.05) is 109 Å². The molecule has 0 spiro atoms. The minimum Gasteiger partial charge on any atom is -0.480 e. The molecule has 134 valence electrons. The highest BCUT2D eigenvalue weighted by Gasteiger charge is 2.18. The first-order chi connectivity index (χ1) is 13.9. The fraction of sp³-hybridized carbons (Fsp3) is 0.0370. The summed E-state index contributed by atoms with van der Waals surface area (Å²) in [6, 6.07) is 40.0. The zero-order chi connectivity index (χ0) is 18.8. The van der Waals surface area contributed by atoms with E-state index in [-0.39, 0.29) is 6.10 Å².